The summed E-state index contributed by atoms with van der Waals surface area (Å²) in [5.74, 6) is 7.03. The predicted molar refractivity (Wildman–Crippen MR) is 63.4 cm³/mol. The number of rotatable bonds is 5. The minimum atomic E-state index is -0.0342. The third kappa shape index (κ3) is 2.78. The van der Waals surface area contributed by atoms with Crippen molar-refractivity contribution < 1.29 is 4.74 Å². The summed E-state index contributed by atoms with van der Waals surface area (Å²) >= 11 is 1.58. The molecule has 7 nitrogen and oxygen atoms in total. The summed E-state index contributed by atoms with van der Waals surface area (Å²) in [6.45, 7) is 0. The van der Waals surface area contributed by atoms with Gasteiger partial charge in [-0.1, -0.05) is 0 Å². The van der Waals surface area contributed by atoms with Crippen LogP contribution in [-0.2, 0) is 13.5 Å². The molecule has 92 valence electrons. The molecule has 0 aliphatic carbocycles. The van der Waals surface area contributed by atoms with E-state index < -0.39 is 0 Å². The van der Waals surface area contributed by atoms with Crippen molar-refractivity contribution in [3.05, 3.63) is 22.1 Å². The van der Waals surface area contributed by atoms with E-state index >= 15 is 0 Å². The number of tetrazole rings is 1. The average molecular weight is 254 g/mol. The lowest BCUT2D eigenvalue weighted by molar-refractivity contribution is 0.415. The van der Waals surface area contributed by atoms with Gasteiger partial charge in [-0.15, -0.1) is 21.5 Å². The van der Waals surface area contributed by atoms with E-state index in [0.717, 1.165) is 10.6 Å². The standard InChI is InChI=1S/C9H14N6OS/c1-15-13-9(12-14-15)4-7(11-10)8-3-6(16-2)5-17-8/h3,5,7,11H,4,10H2,1-2H3. The summed E-state index contributed by atoms with van der Waals surface area (Å²) in [6, 6.07) is 1.92. The molecule has 2 heterocycles. The van der Waals surface area contributed by atoms with Gasteiger partial charge in [-0.05, 0) is 11.3 Å². The van der Waals surface area contributed by atoms with Crippen LogP contribution in [0.25, 0.3) is 0 Å². The summed E-state index contributed by atoms with van der Waals surface area (Å²) < 4.78 is 5.14. The van der Waals surface area contributed by atoms with Gasteiger partial charge >= 0.3 is 0 Å². The van der Waals surface area contributed by atoms with Gasteiger partial charge in [0.05, 0.1) is 20.2 Å². The lowest BCUT2D eigenvalue weighted by Crippen LogP contribution is -2.29. The number of hydrogen-bond donors (Lipinski definition) is 2. The zero-order valence-electron chi connectivity index (χ0n) is 9.62. The maximum atomic E-state index is 5.54. The number of nitrogens with one attached hydrogen (secondary N) is 1. The van der Waals surface area contributed by atoms with Crippen molar-refractivity contribution in [3.63, 3.8) is 0 Å². The molecular formula is C9H14N6OS. The van der Waals surface area contributed by atoms with Crippen molar-refractivity contribution in [1.82, 2.24) is 25.6 Å². The molecule has 0 aromatic carbocycles. The fourth-order valence-corrected chi connectivity index (χ4v) is 2.37. The highest BCUT2D eigenvalue weighted by molar-refractivity contribution is 7.10. The van der Waals surface area contributed by atoms with E-state index in [1.54, 1.807) is 25.5 Å². The highest BCUT2D eigenvalue weighted by atomic mass is 32.1. The van der Waals surface area contributed by atoms with E-state index in [4.69, 9.17) is 10.6 Å². The van der Waals surface area contributed by atoms with Crippen molar-refractivity contribution in [2.24, 2.45) is 12.9 Å². The van der Waals surface area contributed by atoms with Crippen LogP contribution in [0.2, 0.25) is 0 Å². The Morgan fingerprint density at radius 3 is 3.00 bits per heavy atom. The van der Waals surface area contributed by atoms with Crippen LogP contribution in [0.5, 0.6) is 5.75 Å². The zero-order chi connectivity index (χ0) is 12.3. The fourth-order valence-electron chi connectivity index (χ4n) is 1.45. The molecule has 0 radical (unpaired) electrons. The lowest BCUT2D eigenvalue weighted by atomic mass is 10.2. The smallest absolute Gasteiger partial charge is 0.176 e. The van der Waals surface area contributed by atoms with Crippen LogP contribution in [0.1, 0.15) is 16.7 Å². The Morgan fingerprint density at radius 1 is 1.65 bits per heavy atom. The third-order valence-corrected chi connectivity index (χ3v) is 3.34. The molecule has 0 fully saturated rings. The second kappa shape index (κ2) is 5.21. The molecule has 2 rings (SSSR count). The number of methoxy groups -OCH3 is 1. The Balaban J connectivity index is 2.10. The van der Waals surface area contributed by atoms with Gasteiger partial charge in [0.1, 0.15) is 5.75 Å². The molecule has 0 bridgehead atoms. The molecular weight excluding hydrogens is 240 g/mol. The first-order chi connectivity index (χ1) is 8.22. The Morgan fingerprint density at radius 2 is 2.47 bits per heavy atom. The summed E-state index contributed by atoms with van der Waals surface area (Å²) in [5.41, 5.74) is 2.75. The van der Waals surface area contributed by atoms with Gasteiger partial charge in [-0.3, -0.25) is 11.3 Å². The van der Waals surface area contributed by atoms with Crippen LogP contribution in [0.4, 0.5) is 0 Å². The van der Waals surface area contributed by atoms with Crippen molar-refractivity contribution >= 4 is 11.3 Å². The highest BCUT2D eigenvalue weighted by Crippen LogP contribution is 2.27. The van der Waals surface area contributed by atoms with Crippen molar-refractivity contribution in [2.75, 3.05) is 7.11 Å². The van der Waals surface area contributed by atoms with Crippen LogP contribution in [0.15, 0.2) is 11.4 Å². The van der Waals surface area contributed by atoms with E-state index in [2.05, 4.69) is 20.8 Å². The third-order valence-electron chi connectivity index (χ3n) is 2.31. The predicted octanol–water partition coefficient (Wildman–Crippen LogP) is 0.0273. The molecule has 0 spiro atoms. The summed E-state index contributed by atoms with van der Waals surface area (Å²) in [5, 5.41) is 13.8. The largest absolute Gasteiger partial charge is 0.496 e. The minimum Gasteiger partial charge on any atom is -0.496 e. The van der Waals surface area contributed by atoms with Crippen LogP contribution in [-0.4, -0.2) is 27.3 Å². The molecule has 1 unspecified atom stereocenters. The highest BCUT2D eigenvalue weighted by Gasteiger charge is 2.16. The molecule has 0 amide bonds. The second-order valence-electron chi connectivity index (χ2n) is 3.51. The first-order valence-electron chi connectivity index (χ1n) is 5.04. The van der Waals surface area contributed by atoms with Crippen molar-refractivity contribution in [2.45, 2.75) is 12.5 Å². The lowest BCUT2D eigenvalue weighted by Gasteiger charge is -2.11. The maximum Gasteiger partial charge on any atom is 0.176 e. The van der Waals surface area contributed by atoms with E-state index in [1.165, 1.54) is 4.80 Å². The number of hydrogen-bond acceptors (Lipinski definition) is 7. The van der Waals surface area contributed by atoms with Gasteiger partial charge in [-0.25, -0.2) is 0 Å². The molecule has 0 aliphatic rings. The number of thiophene rings is 1. The van der Waals surface area contributed by atoms with E-state index in [1.807, 2.05) is 11.4 Å². The van der Waals surface area contributed by atoms with Gasteiger partial charge in [0.15, 0.2) is 5.82 Å². The molecule has 8 heteroatoms. The number of aromatic nitrogens is 4. The van der Waals surface area contributed by atoms with Crippen LogP contribution in [0.3, 0.4) is 0 Å². The Labute approximate surface area is 103 Å². The molecule has 0 saturated heterocycles. The quantitative estimate of drug-likeness (QED) is 0.578. The summed E-state index contributed by atoms with van der Waals surface area (Å²) in [7, 11) is 3.37. The van der Waals surface area contributed by atoms with Crippen LogP contribution in [0, 0.1) is 0 Å². The van der Waals surface area contributed by atoms with E-state index in [0.29, 0.717) is 12.2 Å². The number of nitrogens with two attached hydrogens (primary N) is 1. The molecule has 0 aliphatic heterocycles. The van der Waals surface area contributed by atoms with Gasteiger partial charge in [0, 0.05) is 16.7 Å². The van der Waals surface area contributed by atoms with Crippen molar-refractivity contribution in [3.8, 4) is 5.75 Å². The van der Waals surface area contributed by atoms with E-state index in [9.17, 15) is 0 Å². The van der Waals surface area contributed by atoms with Crippen LogP contribution >= 0.6 is 11.3 Å². The molecule has 1 atom stereocenters. The molecule has 3 N–H and O–H groups in total. The average Bonchev–Trinajstić information content (AvgIpc) is 2.94. The Bertz CT molecular complexity index is 481. The number of ether oxygens (including phenoxy) is 1. The minimum absolute atomic E-state index is 0.0342. The van der Waals surface area contributed by atoms with Gasteiger partial charge < -0.3 is 4.74 Å². The maximum absolute atomic E-state index is 5.54. The topological polar surface area (TPSA) is 90.9 Å². The molecule has 0 saturated carbocycles. The normalized spacial score (nSPS) is 12.6. The van der Waals surface area contributed by atoms with Crippen molar-refractivity contribution in [1.29, 1.82) is 0 Å². The Hall–Kier alpha value is -1.51. The number of aryl methyl sites for hydroxylation is 1. The second-order valence-corrected chi connectivity index (χ2v) is 4.45. The number of hydrazine groups is 1. The van der Waals surface area contributed by atoms with Gasteiger partial charge in [-0.2, -0.15) is 4.80 Å². The molecule has 2 aromatic rings. The summed E-state index contributed by atoms with van der Waals surface area (Å²) in [4.78, 5) is 2.51. The first-order valence-corrected chi connectivity index (χ1v) is 5.92. The number of nitrogens with zero attached hydrogens (tertiary/aromatic N) is 4. The molecule has 17 heavy (non-hydrogen) atoms. The van der Waals surface area contributed by atoms with Crippen LogP contribution < -0.4 is 16.0 Å². The first kappa shape index (κ1) is 12.0. The van der Waals surface area contributed by atoms with Gasteiger partial charge in [0.2, 0.25) is 0 Å². The molecule has 2 aromatic heterocycles. The zero-order valence-corrected chi connectivity index (χ0v) is 10.4. The summed E-state index contributed by atoms with van der Waals surface area (Å²) in [6.07, 6.45) is 0.591. The van der Waals surface area contributed by atoms with Gasteiger partial charge in [0.25, 0.3) is 0 Å². The SMILES string of the molecule is COc1csc(C(Cc2nnn(C)n2)NN)c1. The van der Waals surface area contributed by atoms with E-state index in [-0.39, 0.29) is 6.04 Å². The fraction of sp³-hybridized carbons (Fsp3) is 0.444. The monoisotopic (exact) mass is 254 g/mol. The Kier molecular flexibility index (Phi) is 3.67.